The number of amides is 1. The van der Waals surface area contributed by atoms with E-state index < -0.39 is 23.7 Å². The Kier molecular flexibility index (Phi) is 4.33. The molecule has 1 aromatic carbocycles. The lowest BCUT2D eigenvalue weighted by Gasteiger charge is -2.37. The van der Waals surface area contributed by atoms with Crippen LogP contribution < -0.4 is 4.74 Å². The van der Waals surface area contributed by atoms with Gasteiger partial charge in [0, 0.05) is 32.3 Å². The number of esters is 1. The van der Waals surface area contributed by atoms with E-state index >= 15 is 0 Å². The Morgan fingerprint density at radius 3 is 2.62 bits per heavy atom. The molecule has 1 fully saturated rings. The molecular weight excluding hydrogens is 313 g/mol. The molecule has 7 heteroatoms. The molecule has 24 heavy (non-hydrogen) atoms. The highest BCUT2D eigenvalue weighted by Gasteiger charge is 2.40. The number of nitrogens with zero attached hydrogens (tertiary/aromatic N) is 3. The normalized spacial score (nSPS) is 21.0. The first-order valence-corrected chi connectivity index (χ1v) is 7.67. The molecule has 6 nitrogen and oxygen atoms in total. The van der Waals surface area contributed by atoms with Gasteiger partial charge in [-0.2, -0.15) is 5.10 Å². The molecule has 0 saturated carbocycles. The van der Waals surface area contributed by atoms with Gasteiger partial charge in [-0.1, -0.05) is 0 Å². The van der Waals surface area contributed by atoms with Crippen LogP contribution in [0.25, 0.3) is 0 Å². The Balaban J connectivity index is 1.84. The lowest BCUT2D eigenvalue weighted by atomic mass is 9.86. The molecule has 1 aromatic heterocycles. The molecule has 2 aromatic rings. The van der Waals surface area contributed by atoms with Crippen LogP contribution in [-0.4, -0.2) is 33.6 Å². The smallest absolute Gasteiger partial charge is 0.316 e. The number of ether oxygens (including phenoxy) is 1. The predicted octanol–water partition coefficient (Wildman–Crippen LogP) is 2.07. The van der Waals surface area contributed by atoms with Crippen LogP contribution in [-0.2, 0) is 16.6 Å². The van der Waals surface area contributed by atoms with Crippen molar-refractivity contribution in [3.63, 3.8) is 0 Å². The van der Waals surface area contributed by atoms with Gasteiger partial charge >= 0.3 is 5.97 Å². The van der Waals surface area contributed by atoms with Gasteiger partial charge < -0.3 is 9.64 Å². The average Bonchev–Trinajstić information content (AvgIpc) is 2.98. The largest absolute Gasteiger partial charge is 0.426 e. The van der Waals surface area contributed by atoms with Gasteiger partial charge in [0.2, 0.25) is 5.91 Å². The first-order chi connectivity index (χ1) is 11.5. The van der Waals surface area contributed by atoms with E-state index in [9.17, 15) is 14.0 Å². The fourth-order valence-corrected chi connectivity index (χ4v) is 3.03. The molecule has 0 radical (unpaired) electrons. The number of aromatic nitrogens is 2. The number of carbonyl (C=O) groups excluding carboxylic acids is 2. The second kappa shape index (κ2) is 6.43. The number of carbonyl (C=O) groups is 2. The summed E-state index contributed by atoms with van der Waals surface area (Å²) in [7, 11) is 3.46. The van der Waals surface area contributed by atoms with Crippen molar-refractivity contribution in [1.82, 2.24) is 14.7 Å². The number of hydrogen-bond acceptors (Lipinski definition) is 4. The van der Waals surface area contributed by atoms with Crippen molar-refractivity contribution >= 4 is 11.9 Å². The van der Waals surface area contributed by atoms with Crippen molar-refractivity contribution in [2.24, 2.45) is 13.0 Å². The number of rotatable bonds is 3. The van der Waals surface area contributed by atoms with Crippen LogP contribution in [0.2, 0.25) is 0 Å². The van der Waals surface area contributed by atoms with Crippen molar-refractivity contribution in [3.8, 4) is 5.75 Å². The van der Waals surface area contributed by atoms with Crippen LogP contribution in [0, 0.1) is 11.7 Å². The number of piperidine rings is 1. The molecule has 1 aliphatic heterocycles. The van der Waals surface area contributed by atoms with E-state index in [2.05, 4.69) is 5.10 Å². The fraction of sp³-hybridized carbons (Fsp3) is 0.353. The molecule has 126 valence electrons. The van der Waals surface area contributed by atoms with Crippen LogP contribution in [0.5, 0.6) is 5.75 Å². The summed E-state index contributed by atoms with van der Waals surface area (Å²) in [5.74, 6) is -1.07. The maximum atomic E-state index is 13.0. The molecule has 2 heterocycles. The topological polar surface area (TPSA) is 64.4 Å². The van der Waals surface area contributed by atoms with Crippen LogP contribution in [0.4, 0.5) is 4.39 Å². The van der Waals surface area contributed by atoms with E-state index in [4.69, 9.17) is 4.74 Å². The van der Waals surface area contributed by atoms with Gasteiger partial charge in [-0.05, 0) is 30.7 Å². The van der Waals surface area contributed by atoms with Gasteiger partial charge in [-0.3, -0.25) is 14.3 Å². The minimum atomic E-state index is -0.498. The summed E-state index contributed by atoms with van der Waals surface area (Å²) in [6.07, 6.45) is 4.13. The summed E-state index contributed by atoms with van der Waals surface area (Å²) >= 11 is 0. The third-order valence-corrected chi connectivity index (χ3v) is 4.26. The SMILES string of the molecule is CN1C(=O)CC[C@H](C(=O)Oc2ccc(F)cc2)[C@H]1c1cnn(C)c1. The minimum Gasteiger partial charge on any atom is -0.426 e. The highest BCUT2D eigenvalue weighted by atomic mass is 19.1. The first-order valence-electron chi connectivity index (χ1n) is 7.67. The summed E-state index contributed by atoms with van der Waals surface area (Å²) < 4.78 is 20.0. The highest BCUT2D eigenvalue weighted by molar-refractivity contribution is 5.83. The Bertz CT molecular complexity index is 757. The van der Waals surface area contributed by atoms with E-state index in [1.54, 1.807) is 36.1 Å². The maximum absolute atomic E-state index is 13.0. The Morgan fingerprint density at radius 2 is 2.00 bits per heavy atom. The molecule has 0 bridgehead atoms. The second-order valence-corrected chi connectivity index (χ2v) is 5.92. The van der Waals surface area contributed by atoms with Crippen LogP contribution in [0.15, 0.2) is 36.7 Å². The van der Waals surface area contributed by atoms with Crippen molar-refractivity contribution < 1.29 is 18.7 Å². The molecule has 0 aliphatic carbocycles. The number of hydrogen-bond donors (Lipinski definition) is 0. The van der Waals surface area contributed by atoms with Crippen LogP contribution in [0.3, 0.4) is 0 Å². The summed E-state index contributed by atoms with van der Waals surface area (Å²) in [5.41, 5.74) is 0.786. The molecule has 3 rings (SSSR count). The lowest BCUT2D eigenvalue weighted by molar-refractivity contribution is -0.148. The van der Waals surface area contributed by atoms with Crippen molar-refractivity contribution in [2.45, 2.75) is 18.9 Å². The molecule has 0 spiro atoms. The Hall–Kier alpha value is -2.70. The molecule has 1 aliphatic rings. The zero-order chi connectivity index (χ0) is 17.3. The van der Waals surface area contributed by atoms with Crippen LogP contribution in [0.1, 0.15) is 24.4 Å². The number of aryl methyl sites for hydroxylation is 1. The quantitative estimate of drug-likeness (QED) is 0.638. The van der Waals surface area contributed by atoms with Gasteiger partial charge in [0.15, 0.2) is 0 Å². The van der Waals surface area contributed by atoms with E-state index in [0.717, 1.165) is 5.56 Å². The van der Waals surface area contributed by atoms with E-state index in [-0.39, 0.29) is 18.1 Å². The summed E-state index contributed by atoms with van der Waals surface area (Å²) in [6.45, 7) is 0. The third-order valence-electron chi connectivity index (χ3n) is 4.26. The summed E-state index contributed by atoms with van der Waals surface area (Å²) in [6, 6.07) is 4.86. The van der Waals surface area contributed by atoms with Crippen molar-refractivity contribution in [1.29, 1.82) is 0 Å². The van der Waals surface area contributed by atoms with Crippen LogP contribution >= 0.6 is 0 Å². The average molecular weight is 331 g/mol. The molecule has 1 amide bonds. The summed E-state index contributed by atoms with van der Waals surface area (Å²) in [5, 5.41) is 4.12. The standard InChI is InChI=1S/C17H18FN3O3/c1-20-10-11(9-19-20)16-14(7-8-15(22)21(16)2)17(23)24-13-5-3-12(18)4-6-13/h3-6,9-10,14,16H,7-8H2,1-2H3/t14-,16+/m0/s1. The lowest BCUT2D eigenvalue weighted by Crippen LogP contribution is -2.44. The third kappa shape index (κ3) is 3.15. The number of halogens is 1. The van der Waals surface area contributed by atoms with Gasteiger partial charge in [0.25, 0.3) is 0 Å². The monoisotopic (exact) mass is 331 g/mol. The van der Waals surface area contributed by atoms with Gasteiger partial charge in [-0.25, -0.2) is 4.39 Å². The van der Waals surface area contributed by atoms with Crippen molar-refractivity contribution in [2.75, 3.05) is 7.05 Å². The predicted molar refractivity (Wildman–Crippen MR) is 83.5 cm³/mol. The van der Waals surface area contributed by atoms with Crippen molar-refractivity contribution in [3.05, 3.63) is 48.0 Å². The van der Waals surface area contributed by atoms with E-state index in [1.807, 2.05) is 0 Å². The first kappa shape index (κ1) is 16.2. The van der Waals surface area contributed by atoms with Gasteiger partial charge in [-0.15, -0.1) is 0 Å². The van der Waals surface area contributed by atoms with Gasteiger partial charge in [0.05, 0.1) is 18.2 Å². The second-order valence-electron chi connectivity index (χ2n) is 5.92. The Morgan fingerprint density at radius 1 is 1.29 bits per heavy atom. The zero-order valence-electron chi connectivity index (χ0n) is 13.5. The molecule has 1 saturated heterocycles. The molecule has 2 atom stereocenters. The highest BCUT2D eigenvalue weighted by Crippen LogP contribution is 2.36. The molecule has 0 N–H and O–H groups in total. The minimum absolute atomic E-state index is 0.0188. The molecule has 0 unspecified atom stereocenters. The van der Waals surface area contributed by atoms with Gasteiger partial charge in [0.1, 0.15) is 11.6 Å². The maximum Gasteiger partial charge on any atom is 0.316 e. The zero-order valence-corrected chi connectivity index (χ0v) is 13.5. The Labute approximate surface area is 138 Å². The number of benzene rings is 1. The van der Waals surface area contributed by atoms with E-state index in [1.165, 1.54) is 24.3 Å². The fourth-order valence-electron chi connectivity index (χ4n) is 3.03. The van der Waals surface area contributed by atoms with E-state index in [0.29, 0.717) is 6.42 Å². The number of likely N-dealkylation sites (tertiary alicyclic amines) is 1. The summed E-state index contributed by atoms with van der Waals surface area (Å²) in [4.78, 5) is 26.2. The molecular formula is C17H18FN3O3.